The van der Waals surface area contributed by atoms with Crippen LogP contribution >= 0.6 is 0 Å². The molecule has 1 heterocycles. The molecule has 10 nitrogen and oxygen atoms in total. The first kappa shape index (κ1) is 23.4. The predicted molar refractivity (Wildman–Crippen MR) is 124 cm³/mol. The van der Waals surface area contributed by atoms with E-state index in [1.807, 2.05) is 24.3 Å². The molecule has 0 aliphatic rings. The van der Waals surface area contributed by atoms with Crippen molar-refractivity contribution in [3.8, 4) is 0 Å². The Kier molecular flexibility index (Phi) is 7.64. The predicted octanol–water partition coefficient (Wildman–Crippen LogP) is 2.82. The quantitative estimate of drug-likeness (QED) is 0.290. The number of esters is 1. The minimum atomic E-state index is -1.34. The molecule has 0 fully saturated rings. The highest BCUT2D eigenvalue weighted by molar-refractivity contribution is 5.86. The summed E-state index contributed by atoms with van der Waals surface area (Å²) in [5.74, 6) is -1.64. The zero-order valence-corrected chi connectivity index (χ0v) is 18.6. The Morgan fingerprint density at radius 1 is 0.800 bits per heavy atom. The van der Waals surface area contributed by atoms with Crippen molar-refractivity contribution in [1.29, 1.82) is 0 Å². The Balaban J connectivity index is 1.40. The Labute approximate surface area is 200 Å². The van der Waals surface area contributed by atoms with Gasteiger partial charge in [-0.3, -0.25) is 0 Å². The van der Waals surface area contributed by atoms with E-state index < -0.39 is 30.5 Å². The molecule has 1 N–H and O–H groups in total. The van der Waals surface area contributed by atoms with Gasteiger partial charge in [0, 0.05) is 0 Å². The Morgan fingerprint density at radius 2 is 1.40 bits per heavy atom. The number of rotatable bonds is 9. The van der Waals surface area contributed by atoms with Crippen molar-refractivity contribution in [2.75, 3.05) is 0 Å². The molecule has 1 aromatic heterocycles. The molecule has 35 heavy (non-hydrogen) atoms. The smallest absolute Gasteiger partial charge is 0.408 e. The lowest BCUT2D eigenvalue weighted by atomic mass is 10.2. The van der Waals surface area contributed by atoms with Crippen LogP contribution in [0.3, 0.4) is 0 Å². The van der Waals surface area contributed by atoms with Gasteiger partial charge in [0.2, 0.25) is 0 Å². The number of hydrogen-bond donors (Lipinski definition) is 1. The van der Waals surface area contributed by atoms with Crippen molar-refractivity contribution < 1.29 is 28.7 Å². The topological polar surface area (TPSA) is 122 Å². The van der Waals surface area contributed by atoms with Gasteiger partial charge in [-0.05, 0) is 28.5 Å². The van der Waals surface area contributed by atoms with Crippen molar-refractivity contribution in [3.63, 3.8) is 0 Å². The molecule has 0 aliphatic carbocycles. The number of alkyl carbamates (subject to hydrolysis) is 1. The standard InChI is InChI=1S/C25H22N4O6/c30-23(35-29-22-14-8-7-13-20(22)27-28-29)15-21(24(31)33-16-18-9-3-1-4-10-18)26-25(32)34-17-19-11-5-2-6-12-19/h1-14,21H,15-17H2,(H,26,32). The second-order valence-corrected chi connectivity index (χ2v) is 7.47. The van der Waals surface area contributed by atoms with E-state index in [0.29, 0.717) is 11.0 Å². The van der Waals surface area contributed by atoms with E-state index >= 15 is 0 Å². The van der Waals surface area contributed by atoms with E-state index in [1.165, 1.54) is 0 Å². The number of carbonyl (C=O) groups excluding carboxylic acids is 3. The minimum absolute atomic E-state index is 0.00610. The summed E-state index contributed by atoms with van der Waals surface area (Å²) in [4.78, 5) is 43.9. The van der Waals surface area contributed by atoms with E-state index in [-0.39, 0.29) is 13.2 Å². The number of nitrogens with zero attached hydrogens (tertiary/aromatic N) is 3. The van der Waals surface area contributed by atoms with Crippen molar-refractivity contribution in [2.45, 2.75) is 25.7 Å². The largest absolute Gasteiger partial charge is 0.459 e. The number of hydrogen-bond acceptors (Lipinski definition) is 8. The molecule has 10 heteroatoms. The fourth-order valence-corrected chi connectivity index (χ4v) is 3.14. The highest BCUT2D eigenvalue weighted by atomic mass is 16.7. The van der Waals surface area contributed by atoms with Gasteiger partial charge in [0.1, 0.15) is 30.3 Å². The van der Waals surface area contributed by atoms with Crippen LogP contribution in [0.15, 0.2) is 84.9 Å². The number of para-hydroxylation sites is 1. The van der Waals surface area contributed by atoms with Gasteiger partial charge in [-0.25, -0.2) is 14.4 Å². The van der Waals surface area contributed by atoms with Gasteiger partial charge in [-0.1, -0.05) is 77.6 Å². The van der Waals surface area contributed by atoms with E-state index in [9.17, 15) is 14.4 Å². The third-order valence-corrected chi connectivity index (χ3v) is 4.89. The van der Waals surface area contributed by atoms with Crippen LogP contribution in [-0.4, -0.2) is 39.2 Å². The second kappa shape index (κ2) is 11.4. The van der Waals surface area contributed by atoms with E-state index in [2.05, 4.69) is 15.6 Å². The molecule has 0 saturated heterocycles. The highest BCUT2D eigenvalue weighted by Gasteiger charge is 2.28. The van der Waals surface area contributed by atoms with Gasteiger partial charge in [-0.2, -0.15) is 0 Å². The van der Waals surface area contributed by atoms with Gasteiger partial charge >= 0.3 is 18.0 Å². The minimum Gasteiger partial charge on any atom is -0.459 e. The van der Waals surface area contributed by atoms with Gasteiger partial charge < -0.3 is 19.6 Å². The molecule has 4 aromatic rings. The van der Waals surface area contributed by atoms with Gasteiger partial charge in [0.15, 0.2) is 0 Å². The molecule has 3 aromatic carbocycles. The lowest BCUT2D eigenvalue weighted by Gasteiger charge is -2.17. The zero-order valence-electron chi connectivity index (χ0n) is 18.6. The number of fused-ring (bicyclic) bond motifs is 1. The van der Waals surface area contributed by atoms with E-state index in [0.717, 1.165) is 16.0 Å². The first-order valence-corrected chi connectivity index (χ1v) is 10.8. The van der Waals surface area contributed by atoms with Crippen molar-refractivity contribution in [2.24, 2.45) is 0 Å². The maximum absolute atomic E-state index is 12.7. The second-order valence-electron chi connectivity index (χ2n) is 7.47. The summed E-state index contributed by atoms with van der Waals surface area (Å²) in [6.07, 6.45) is -1.39. The van der Waals surface area contributed by atoms with E-state index in [4.69, 9.17) is 14.3 Å². The monoisotopic (exact) mass is 474 g/mol. The number of nitrogens with one attached hydrogen (secondary N) is 1. The summed E-state index contributed by atoms with van der Waals surface area (Å²) < 4.78 is 10.5. The van der Waals surface area contributed by atoms with Crippen LogP contribution in [0.4, 0.5) is 4.79 Å². The third kappa shape index (κ3) is 6.64. The van der Waals surface area contributed by atoms with Gasteiger partial charge in [-0.15, -0.1) is 5.10 Å². The fourth-order valence-electron chi connectivity index (χ4n) is 3.14. The fraction of sp³-hybridized carbons (Fsp3) is 0.160. The Hall–Kier alpha value is -4.73. The number of benzene rings is 3. The molecule has 0 spiro atoms. The number of ether oxygens (including phenoxy) is 2. The SMILES string of the molecule is O=C(CC(NC(=O)OCc1ccccc1)C(=O)OCc1ccccc1)On1nnc2ccccc21. The molecule has 0 radical (unpaired) electrons. The summed E-state index contributed by atoms with van der Waals surface area (Å²) in [6.45, 7) is -0.0342. The average Bonchev–Trinajstić information content (AvgIpc) is 3.29. The van der Waals surface area contributed by atoms with Crippen LogP contribution in [0.5, 0.6) is 0 Å². The summed E-state index contributed by atoms with van der Waals surface area (Å²) >= 11 is 0. The van der Waals surface area contributed by atoms with Crippen LogP contribution < -0.4 is 10.2 Å². The van der Waals surface area contributed by atoms with Crippen molar-refractivity contribution in [1.82, 2.24) is 20.5 Å². The van der Waals surface area contributed by atoms with Crippen molar-refractivity contribution in [3.05, 3.63) is 96.1 Å². The molecular weight excluding hydrogens is 452 g/mol. The summed E-state index contributed by atoms with van der Waals surface area (Å²) in [5.41, 5.74) is 2.52. The van der Waals surface area contributed by atoms with Crippen LogP contribution in [-0.2, 0) is 32.3 Å². The van der Waals surface area contributed by atoms with Gasteiger partial charge in [0.05, 0.1) is 6.42 Å². The van der Waals surface area contributed by atoms with Gasteiger partial charge in [0.25, 0.3) is 0 Å². The third-order valence-electron chi connectivity index (χ3n) is 4.89. The average molecular weight is 474 g/mol. The van der Waals surface area contributed by atoms with Crippen molar-refractivity contribution >= 4 is 29.1 Å². The summed E-state index contributed by atoms with van der Waals surface area (Å²) in [6, 6.07) is 23.6. The molecule has 178 valence electrons. The molecular formula is C25H22N4O6. The first-order valence-electron chi connectivity index (χ1n) is 10.8. The number of aromatic nitrogens is 3. The molecule has 1 amide bonds. The molecule has 0 aliphatic heterocycles. The summed E-state index contributed by atoms with van der Waals surface area (Å²) in [7, 11) is 0. The highest BCUT2D eigenvalue weighted by Crippen LogP contribution is 2.10. The number of carbonyl (C=O) groups is 3. The van der Waals surface area contributed by atoms with Crippen LogP contribution in [0.2, 0.25) is 0 Å². The normalized spacial score (nSPS) is 11.4. The van der Waals surface area contributed by atoms with Crippen LogP contribution in [0.1, 0.15) is 17.5 Å². The molecule has 4 rings (SSSR count). The first-order chi connectivity index (χ1) is 17.1. The lowest BCUT2D eigenvalue weighted by molar-refractivity contribution is -0.154. The Morgan fingerprint density at radius 3 is 2.09 bits per heavy atom. The van der Waals surface area contributed by atoms with Crippen LogP contribution in [0.25, 0.3) is 11.0 Å². The zero-order chi connectivity index (χ0) is 24.5. The van der Waals surface area contributed by atoms with Crippen LogP contribution in [0, 0.1) is 0 Å². The molecule has 0 bridgehead atoms. The summed E-state index contributed by atoms with van der Waals surface area (Å²) in [5, 5.41) is 10.1. The maximum Gasteiger partial charge on any atom is 0.408 e. The van der Waals surface area contributed by atoms with E-state index in [1.54, 1.807) is 60.7 Å². The maximum atomic E-state index is 12.7. The molecule has 1 atom stereocenters. The molecule has 0 saturated carbocycles. The Bertz CT molecular complexity index is 1290. The lowest BCUT2D eigenvalue weighted by Crippen LogP contribution is -2.44. The number of amides is 1. The molecule has 1 unspecified atom stereocenters.